The van der Waals surface area contributed by atoms with Gasteiger partial charge in [-0.2, -0.15) is 0 Å². The number of rotatable bonds is 12. The minimum atomic E-state index is -1.48. The second kappa shape index (κ2) is 14.9. The van der Waals surface area contributed by atoms with Crippen LogP contribution in [0.15, 0.2) is 0 Å². The van der Waals surface area contributed by atoms with Crippen molar-refractivity contribution < 1.29 is 49.3 Å². The molecule has 1 amide bonds. The van der Waals surface area contributed by atoms with Gasteiger partial charge in [-0.3, -0.25) is 16.1 Å². The number of aliphatic hydroxyl groups excluding tert-OH is 4. The summed E-state index contributed by atoms with van der Waals surface area (Å²) >= 11 is 0. The van der Waals surface area contributed by atoms with E-state index in [1.54, 1.807) is 6.92 Å². The number of nitrogens with one attached hydrogen (secondary N) is 3. The summed E-state index contributed by atoms with van der Waals surface area (Å²) in [7, 11) is 0. The van der Waals surface area contributed by atoms with Gasteiger partial charge in [-0.1, -0.05) is 6.92 Å². The topological polar surface area (TPSA) is 269 Å². The van der Waals surface area contributed by atoms with E-state index in [1.807, 2.05) is 0 Å². The predicted octanol–water partition coefficient (Wildman–Crippen LogP) is -5.32. The summed E-state index contributed by atoms with van der Waals surface area (Å²) in [5.41, 5.74) is 13.6. The molecule has 0 aromatic heterocycles. The summed E-state index contributed by atoms with van der Waals surface area (Å²) in [5, 5.41) is 57.5. The summed E-state index contributed by atoms with van der Waals surface area (Å²) in [6, 6.07) is -2.20. The van der Waals surface area contributed by atoms with Crippen LogP contribution in [0.3, 0.4) is 0 Å². The van der Waals surface area contributed by atoms with E-state index in [-0.39, 0.29) is 32.3 Å². The third-order valence-corrected chi connectivity index (χ3v) is 8.01. The number of hydrogen-bond acceptors (Lipinski definition) is 15. The quantitative estimate of drug-likeness (QED) is 0.0584. The first kappa shape index (κ1) is 33.4. The Hall–Kier alpha value is -1.09. The fourth-order valence-corrected chi connectivity index (χ4v) is 5.23. The molecule has 3 aliphatic rings. The monoisotopic (exact) mass is 580 g/mol. The van der Waals surface area contributed by atoms with E-state index >= 15 is 0 Å². The molecule has 2 aliphatic heterocycles. The molecule has 16 nitrogen and oxygen atoms in total. The molecule has 2 heterocycles. The summed E-state index contributed by atoms with van der Waals surface area (Å²) in [4.78, 5) is 12.6. The van der Waals surface area contributed by atoms with Crippen molar-refractivity contribution in [3.63, 3.8) is 0 Å². The van der Waals surface area contributed by atoms with Gasteiger partial charge in [0.15, 0.2) is 12.6 Å². The number of aliphatic hydroxyl groups is 5. The molecule has 14 N–H and O–H groups in total. The Labute approximate surface area is 233 Å². The fraction of sp³-hybridized carbons (Fsp3) is 0.958. The molecule has 13 atom stereocenters. The second-order valence-electron chi connectivity index (χ2n) is 11.2. The van der Waals surface area contributed by atoms with Gasteiger partial charge in [-0.15, -0.1) is 0 Å². The van der Waals surface area contributed by atoms with Crippen molar-refractivity contribution in [3.05, 3.63) is 0 Å². The summed E-state index contributed by atoms with van der Waals surface area (Å²) in [6.45, 7) is 3.71. The Bertz CT molecular complexity index is 799. The Balaban J connectivity index is 1.76. The van der Waals surface area contributed by atoms with Gasteiger partial charge >= 0.3 is 0 Å². The highest BCUT2D eigenvalue weighted by molar-refractivity contribution is 5.81. The van der Waals surface area contributed by atoms with Crippen LogP contribution in [0.4, 0.5) is 0 Å². The lowest BCUT2D eigenvalue weighted by Crippen LogP contribution is -2.68. The SMILES string of the molecule is C[C@@H]1C(O)[C@@H](OC2C(O)C(O[C@H]3O[C@H](CNCCO)CCC3N)[C@@H](N)C[C@H]2NC(=O)[C@@H](O)CNN)OCC1(C)O. The van der Waals surface area contributed by atoms with Gasteiger partial charge < -0.3 is 66.6 Å². The van der Waals surface area contributed by atoms with E-state index < -0.39 is 78.7 Å². The smallest absolute Gasteiger partial charge is 0.250 e. The van der Waals surface area contributed by atoms with E-state index in [0.29, 0.717) is 25.9 Å². The molecule has 0 radical (unpaired) electrons. The lowest BCUT2D eigenvalue weighted by Gasteiger charge is -2.48. The molecular weight excluding hydrogens is 532 g/mol. The Morgan fingerprint density at radius 3 is 2.50 bits per heavy atom. The molecule has 1 saturated carbocycles. The maximum atomic E-state index is 12.6. The average Bonchev–Trinajstić information content (AvgIpc) is 2.90. The normalized spacial score (nSPS) is 43.3. The largest absolute Gasteiger partial charge is 0.395 e. The number of carbonyl (C=O) groups excluding carboxylic acids is 1. The van der Waals surface area contributed by atoms with Crippen molar-refractivity contribution >= 4 is 5.91 Å². The zero-order chi connectivity index (χ0) is 29.6. The number of hydrazine groups is 1. The van der Waals surface area contributed by atoms with Crippen molar-refractivity contribution in [1.29, 1.82) is 0 Å². The Morgan fingerprint density at radius 1 is 1.12 bits per heavy atom. The van der Waals surface area contributed by atoms with Crippen LogP contribution in [0, 0.1) is 5.92 Å². The van der Waals surface area contributed by atoms with Crippen molar-refractivity contribution in [2.45, 2.75) is 106 Å². The van der Waals surface area contributed by atoms with Gasteiger partial charge in [-0.05, 0) is 26.2 Å². The summed E-state index contributed by atoms with van der Waals surface area (Å²) in [6.07, 6.45) is -7.41. The zero-order valence-corrected chi connectivity index (χ0v) is 23.1. The van der Waals surface area contributed by atoms with Crippen LogP contribution >= 0.6 is 0 Å². The molecule has 6 unspecified atom stereocenters. The maximum Gasteiger partial charge on any atom is 0.250 e. The van der Waals surface area contributed by atoms with E-state index in [9.17, 15) is 25.2 Å². The molecule has 234 valence electrons. The lowest BCUT2D eigenvalue weighted by molar-refractivity contribution is -0.314. The number of ether oxygens (including phenoxy) is 4. The maximum absolute atomic E-state index is 12.6. The van der Waals surface area contributed by atoms with Crippen LogP contribution in [0.5, 0.6) is 0 Å². The minimum Gasteiger partial charge on any atom is -0.395 e. The van der Waals surface area contributed by atoms with Crippen molar-refractivity contribution in [2.24, 2.45) is 23.2 Å². The molecule has 16 heteroatoms. The highest BCUT2D eigenvalue weighted by atomic mass is 16.7. The molecule has 2 saturated heterocycles. The van der Waals surface area contributed by atoms with Crippen LogP contribution in [0.2, 0.25) is 0 Å². The van der Waals surface area contributed by atoms with Gasteiger partial charge in [0.2, 0.25) is 0 Å². The molecule has 0 bridgehead atoms. The predicted molar refractivity (Wildman–Crippen MR) is 140 cm³/mol. The van der Waals surface area contributed by atoms with Crippen LogP contribution in [0.1, 0.15) is 33.1 Å². The number of hydrogen-bond donors (Lipinski definition) is 11. The first-order valence-corrected chi connectivity index (χ1v) is 13.8. The summed E-state index contributed by atoms with van der Waals surface area (Å²) < 4.78 is 23.8. The molecule has 1 aliphatic carbocycles. The van der Waals surface area contributed by atoms with Crippen molar-refractivity contribution in [1.82, 2.24) is 16.1 Å². The van der Waals surface area contributed by atoms with Gasteiger partial charge in [0.1, 0.15) is 30.5 Å². The highest BCUT2D eigenvalue weighted by Crippen LogP contribution is 2.34. The van der Waals surface area contributed by atoms with Crippen molar-refractivity contribution in [3.8, 4) is 0 Å². The fourth-order valence-electron chi connectivity index (χ4n) is 5.23. The lowest BCUT2D eigenvalue weighted by atomic mass is 9.82. The molecule has 3 fully saturated rings. The summed E-state index contributed by atoms with van der Waals surface area (Å²) in [5.74, 6) is 3.82. The Kier molecular flexibility index (Phi) is 12.4. The van der Waals surface area contributed by atoms with Crippen LogP contribution in [-0.4, -0.2) is 137 Å². The highest BCUT2D eigenvalue weighted by Gasteiger charge is 2.51. The van der Waals surface area contributed by atoms with E-state index in [2.05, 4.69) is 16.1 Å². The van der Waals surface area contributed by atoms with Crippen molar-refractivity contribution in [2.75, 3.05) is 32.8 Å². The molecule has 0 spiro atoms. The van der Waals surface area contributed by atoms with Crippen LogP contribution in [-0.2, 0) is 23.7 Å². The standard InChI is InChI=1S/C24H48N6O10/c1-11-17(33)23(37-10-24(11,2)36)40-20-15(30-21(35)16(32)9-29-27)7-14(26)19(18(20)34)39-22-13(25)4-3-12(38-22)8-28-5-6-31/h11-20,22-23,28-29,31-34,36H,3-10,25-27H2,1-2H3,(H,30,35)/t11-,12+,13?,14+,15-,16+,17?,18?,19?,20?,22-,23-,24?/m1/s1. The number of amides is 1. The molecule has 0 aromatic rings. The van der Waals surface area contributed by atoms with Gasteiger partial charge in [-0.25, -0.2) is 0 Å². The third-order valence-electron chi connectivity index (χ3n) is 8.01. The van der Waals surface area contributed by atoms with Gasteiger partial charge in [0.05, 0.1) is 37.0 Å². The van der Waals surface area contributed by atoms with E-state index in [1.165, 1.54) is 6.92 Å². The average molecular weight is 581 g/mol. The minimum absolute atomic E-state index is 0.0101. The molecule has 0 aromatic carbocycles. The van der Waals surface area contributed by atoms with Crippen LogP contribution in [0.25, 0.3) is 0 Å². The first-order valence-electron chi connectivity index (χ1n) is 13.8. The van der Waals surface area contributed by atoms with Gasteiger partial charge in [0.25, 0.3) is 5.91 Å². The molecule has 3 rings (SSSR count). The molecular formula is C24H48N6O10. The second-order valence-corrected chi connectivity index (χ2v) is 11.2. The van der Waals surface area contributed by atoms with Crippen LogP contribution < -0.4 is 33.4 Å². The third kappa shape index (κ3) is 8.26. The van der Waals surface area contributed by atoms with E-state index in [4.69, 9.17) is 41.4 Å². The zero-order valence-electron chi connectivity index (χ0n) is 23.1. The number of nitrogens with two attached hydrogens (primary N) is 3. The van der Waals surface area contributed by atoms with E-state index in [0.717, 1.165) is 0 Å². The number of carbonyl (C=O) groups is 1. The molecule has 40 heavy (non-hydrogen) atoms. The Morgan fingerprint density at radius 2 is 1.82 bits per heavy atom. The van der Waals surface area contributed by atoms with Gasteiger partial charge in [0, 0.05) is 31.6 Å². The first-order chi connectivity index (χ1) is 18.9.